The first-order valence-electron chi connectivity index (χ1n) is 12.9. The number of pyridine rings is 3. The highest BCUT2D eigenvalue weighted by Gasteiger charge is 2.25. The fraction of sp³-hybridized carbons (Fsp3) is 0.167. The number of carbonyl (C=O) groups excluding carboxylic acids is 1. The van der Waals surface area contributed by atoms with E-state index in [1.807, 2.05) is 36.5 Å². The van der Waals surface area contributed by atoms with E-state index in [1.165, 1.54) is 0 Å². The van der Waals surface area contributed by atoms with Crippen LogP contribution in [0.25, 0.3) is 22.3 Å². The Morgan fingerprint density at radius 2 is 1.87 bits per heavy atom. The van der Waals surface area contributed by atoms with Crippen LogP contribution in [0, 0.1) is 0 Å². The van der Waals surface area contributed by atoms with E-state index in [-0.39, 0.29) is 11.9 Å². The number of nitrogens with zero attached hydrogens (tertiary/aromatic N) is 4. The number of aromatic amines is 1. The lowest BCUT2D eigenvalue weighted by Gasteiger charge is -2.23. The second-order valence-corrected chi connectivity index (χ2v) is 9.61. The van der Waals surface area contributed by atoms with Crippen molar-refractivity contribution in [2.75, 3.05) is 10.6 Å². The Bertz CT molecular complexity index is 1650. The summed E-state index contributed by atoms with van der Waals surface area (Å²) in [5, 5.41) is 6.23. The van der Waals surface area contributed by atoms with Gasteiger partial charge < -0.3 is 21.4 Å². The van der Waals surface area contributed by atoms with Crippen LogP contribution in [0.4, 0.5) is 11.6 Å². The number of anilines is 2. The molecule has 9 nitrogen and oxygen atoms in total. The molecule has 2 aliphatic rings. The molecular formula is C30H28N8O. The topological polar surface area (TPSA) is 134 Å². The third-order valence-electron chi connectivity index (χ3n) is 6.77. The first-order chi connectivity index (χ1) is 19.0. The minimum absolute atomic E-state index is 0.0686. The third-order valence-corrected chi connectivity index (χ3v) is 6.77. The van der Waals surface area contributed by atoms with Gasteiger partial charge in [-0.25, -0.2) is 15.0 Å². The molecule has 0 saturated heterocycles. The van der Waals surface area contributed by atoms with Crippen LogP contribution in [-0.4, -0.2) is 36.9 Å². The van der Waals surface area contributed by atoms with Crippen LogP contribution < -0.4 is 16.4 Å². The molecule has 1 aliphatic heterocycles. The molecule has 0 bridgehead atoms. The van der Waals surface area contributed by atoms with Crippen molar-refractivity contribution in [3.63, 3.8) is 0 Å². The number of amides is 1. The van der Waals surface area contributed by atoms with E-state index in [2.05, 4.69) is 44.7 Å². The molecule has 1 unspecified atom stereocenters. The predicted octanol–water partition coefficient (Wildman–Crippen LogP) is 4.69. The van der Waals surface area contributed by atoms with Gasteiger partial charge in [-0.3, -0.25) is 9.78 Å². The number of fused-ring (bicyclic) bond motifs is 2. The molecule has 194 valence electrons. The number of nitrogens with one attached hydrogen (secondary N) is 3. The molecular weight excluding hydrogens is 488 g/mol. The van der Waals surface area contributed by atoms with E-state index in [0.717, 1.165) is 62.1 Å². The van der Waals surface area contributed by atoms with Crippen LogP contribution in [-0.2, 0) is 11.2 Å². The Morgan fingerprint density at radius 1 is 1.05 bits per heavy atom. The standard InChI is InChI=1S/C30H28N8O/c1-3-27(39)37-26-7-4-19(15-33-26)20-13-24-23(12-17(2)35-29(24)34-16-20)30-36-25-14-21(31)5-6-22(28(25)38-30)18-8-10-32-11-9-18/h4-13,15-17H,3,14,31H2,1-2H3,(H,34,35)(H,36,38)(H,33,37,39). The Kier molecular flexibility index (Phi) is 6.24. The number of H-pyrrole nitrogens is 1. The minimum atomic E-state index is -0.0725. The zero-order valence-electron chi connectivity index (χ0n) is 21.7. The maximum atomic E-state index is 11.7. The highest BCUT2D eigenvalue weighted by atomic mass is 16.1. The summed E-state index contributed by atoms with van der Waals surface area (Å²) in [4.78, 5) is 33.7. The normalized spacial score (nSPS) is 16.1. The molecule has 0 radical (unpaired) electrons. The van der Waals surface area contributed by atoms with Crippen molar-refractivity contribution in [3.05, 3.63) is 107 Å². The summed E-state index contributed by atoms with van der Waals surface area (Å²) in [5.74, 6) is 2.01. The first kappa shape index (κ1) is 24.3. The Labute approximate surface area is 226 Å². The van der Waals surface area contributed by atoms with Gasteiger partial charge in [0.15, 0.2) is 0 Å². The summed E-state index contributed by atoms with van der Waals surface area (Å²) in [5.41, 5.74) is 14.6. The number of nitrogens with two attached hydrogens (primary N) is 1. The summed E-state index contributed by atoms with van der Waals surface area (Å²) < 4.78 is 0. The SMILES string of the molecule is CCC(=O)Nc1ccc(-c2cnc3c(c2)C(c2nc4c([nH]2)CC(N)=CC=C4c2ccncc2)=CC(C)N3)cn1. The highest BCUT2D eigenvalue weighted by molar-refractivity contribution is 5.90. The lowest BCUT2D eigenvalue weighted by Crippen LogP contribution is -2.20. The predicted molar refractivity (Wildman–Crippen MR) is 152 cm³/mol. The Morgan fingerprint density at radius 3 is 2.64 bits per heavy atom. The van der Waals surface area contributed by atoms with Gasteiger partial charge in [0.1, 0.15) is 17.5 Å². The van der Waals surface area contributed by atoms with E-state index in [0.29, 0.717) is 18.7 Å². The van der Waals surface area contributed by atoms with Crippen molar-refractivity contribution in [2.24, 2.45) is 5.73 Å². The van der Waals surface area contributed by atoms with Crippen LogP contribution in [0.5, 0.6) is 0 Å². The van der Waals surface area contributed by atoms with Crippen molar-refractivity contribution in [2.45, 2.75) is 32.7 Å². The van der Waals surface area contributed by atoms with Crippen LogP contribution in [0.1, 0.15) is 48.6 Å². The highest BCUT2D eigenvalue weighted by Crippen LogP contribution is 2.37. The molecule has 0 saturated carbocycles. The summed E-state index contributed by atoms with van der Waals surface area (Å²) in [7, 11) is 0. The molecule has 1 aliphatic carbocycles. The van der Waals surface area contributed by atoms with Crippen LogP contribution >= 0.6 is 0 Å². The van der Waals surface area contributed by atoms with Crippen LogP contribution in [0.3, 0.4) is 0 Å². The van der Waals surface area contributed by atoms with E-state index >= 15 is 0 Å². The van der Waals surface area contributed by atoms with Gasteiger partial charge in [0, 0.05) is 82.9 Å². The van der Waals surface area contributed by atoms with E-state index in [9.17, 15) is 4.79 Å². The molecule has 0 aromatic carbocycles. The maximum Gasteiger partial charge on any atom is 0.225 e. The third kappa shape index (κ3) is 4.82. The molecule has 4 aromatic rings. The zero-order chi connectivity index (χ0) is 26.9. The average molecular weight is 517 g/mol. The molecule has 0 fully saturated rings. The fourth-order valence-electron chi connectivity index (χ4n) is 4.80. The largest absolute Gasteiger partial charge is 0.402 e. The monoisotopic (exact) mass is 516 g/mol. The molecule has 6 rings (SSSR count). The molecule has 0 spiro atoms. The van der Waals surface area contributed by atoms with E-state index in [1.54, 1.807) is 31.6 Å². The van der Waals surface area contributed by atoms with Gasteiger partial charge >= 0.3 is 0 Å². The van der Waals surface area contributed by atoms with Crippen LogP contribution in [0.2, 0.25) is 0 Å². The number of imidazole rings is 1. The lowest BCUT2D eigenvalue weighted by molar-refractivity contribution is -0.115. The van der Waals surface area contributed by atoms with Gasteiger partial charge in [0.25, 0.3) is 0 Å². The number of allylic oxidation sites excluding steroid dienone is 3. The number of aromatic nitrogens is 5. The number of rotatable bonds is 5. The fourth-order valence-corrected chi connectivity index (χ4v) is 4.80. The maximum absolute atomic E-state index is 11.7. The number of hydrogen-bond acceptors (Lipinski definition) is 7. The number of carbonyl (C=O) groups is 1. The van der Waals surface area contributed by atoms with Crippen molar-refractivity contribution in [1.82, 2.24) is 24.9 Å². The first-order valence-corrected chi connectivity index (χ1v) is 12.9. The minimum Gasteiger partial charge on any atom is -0.402 e. The smallest absolute Gasteiger partial charge is 0.225 e. The Balaban J connectivity index is 1.39. The summed E-state index contributed by atoms with van der Waals surface area (Å²) in [6.07, 6.45) is 14.2. The molecule has 4 aromatic heterocycles. The van der Waals surface area contributed by atoms with Gasteiger partial charge in [-0.15, -0.1) is 0 Å². The van der Waals surface area contributed by atoms with Gasteiger partial charge in [0.05, 0.1) is 5.69 Å². The summed E-state index contributed by atoms with van der Waals surface area (Å²) in [6, 6.07) is 9.84. The number of hydrogen-bond donors (Lipinski definition) is 4. The van der Waals surface area contributed by atoms with Crippen molar-refractivity contribution in [1.29, 1.82) is 0 Å². The average Bonchev–Trinajstić information content (AvgIpc) is 3.29. The van der Waals surface area contributed by atoms with E-state index < -0.39 is 0 Å². The second kappa shape index (κ2) is 10.0. The molecule has 1 amide bonds. The molecule has 5 N–H and O–H groups in total. The van der Waals surface area contributed by atoms with Crippen molar-refractivity contribution >= 4 is 28.7 Å². The lowest BCUT2D eigenvalue weighted by atomic mass is 9.97. The molecule has 9 heteroatoms. The summed E-state index contributed by atoms with van der Waals surface area (Å²) >= 11 is 0. The Hall–Kier alpha value is -5.05. The molecule has 1 atom stereocenters. The van der Waals surface area contributed by atoms with Gasteiger partial charge in [-0.1, -0.05) is 19.1 Å². The molecule has 39 heavy (non-hydrogen) atoms. The quantitative estimate of drug-likeness (QED) is 0.302. The summed E-state index contributed by atoms with van der Waals surface area (Å²) in [6.45, 7) is 3.89. The van der Waals surface area contributed by atoms with Crippen molar-refractivity contribution < 1.29 is 4.79 Å². The van der Waals surface area contributed by atoms with Gasteiger partial charge in [0.2, 0.25) is 5.91 Å². The van der Waals surface area contributed by atoms with Crippen LogP contribution in [0.15, 0.2) is 79.0 Å². The van der Waals surface area contributed by atoms with Gasteiger partial charge in [-0.05, 0) is 48.9 Å². The second-order valence-electron chi connectivity index (χ2n) is 9.61. The zero-order valence-corrected chi connectivity index (χ0v) is 21.7. The molecule has 5 heterocycles. The van der Waals surface area contributed by atoms with E-state index in [4.69, 9.17) is 15.7 Å². The van der Waals surface area contributed by atoms with Crippen molar-refractivity contribution in [3.8, 4) is 11.1 Å². The van der Waals surface area contributed by atoms with Gasteiger partial charge in [-0.2, -0.15) is 0 Å².